The predicted octanol–water partition coefficient (Wildman–Crippen LogP) is 3.98. The van der Waals surface area contributed by atoms with Gasteiger partial charge in [-0.1, -0.05) is 24.4 Å². The number of hydrogen-bond donors (Lipinski definition) is 2. The van der Waals surface area contributed by atoms with E-state index in [1.807, 2.05) is 6.92 Å². The molecule has 1 aliphatic heterocycles. The molecular weight excluding hydrogens is 397 g/mol. The van der Waals surface area contributed by atoms with E-state index in [4.69, 9.17) is 28.7 Å². The molecule has 0 radical (unpaired) electrons. The third-order valence-electron chi connectivity index (χ3n) is 4.81. The number of aromatic nitrogens is 3. The van der Waals surface area contributed by atoms with E-state index in [9.17, 15) is 4.39 Å². The van der Waals surface area contributed by atoms with Crippen molar-refractivity contribution in [2.45, 2.75) is 35.9 Å². The van der Waals surface area contributed by atoms with E-state index in [0.29, 0.717) is 27.3 Å². The first-order chi connectivity index (χ1) is 13.5. The van der Waals surface area contributed by atoms with E-state index in [1.54, 1.807) is 12.1 Å². The normalized spacial score (nSPS) is 16.7. The molecule has 144 valence electrons. The Morgan fingerprint density at radius 3 is 2.93 bits per heavy atom. The molecule has 0 amide bonds. The molecule has 8 heteroatoms. The lowest BCUT2D eigenvalue weighted by molar-refractivity contribution is 0.620. The van der Waals surface area contributed by atoms with Gasteiger partial charge in [0, 0.05) is 29.7 Å². The van der Waals surface area contributed by atoms with Gasteiger partial charge >= 0.3 is 0 Å². The van der Waals surface area contributed by atoms with Crippen molar-refractivity contribution in [3.05, 3.63) is 40.3 Å². The molecule has 1 aromatic carbocycles. The molecule has 1 fully saturated rings. The highest BCUT2D eigenvalue weighted by molar-refractivity contribution is 7.99. The van der Waals surface area contributed by atoms with Crippen LogP contribution in [0.1, 0.15) is 24.6 Å². The maximum Gasteiger partial charge on any atom is 0.196 e. The fourth-order valence-electron chi connectivity index (χ4n) is 3.35. The number of halogens is 2. The van der Waals surface area contributed by atoms with Crippen LogP contribution in [-0.4, -0.2) is 34.1 Å². The van der Waals surface area contributed by atoms with Gasteiger partial charge in [-0.05, 0) is 42.8 Å². The van der Waals surface area contributed by atoms with Crippen LogP contribution in [0.4, 0.5) is 10.2 Å². The van der Waals surface area contributed by atoms with Crippen molar-refractivity contribution in [1.82, 2.24) is 15.0 Å². The second-order valence-electron chi connectivity index (χ2n) is 6.71. The molecule has 3 aromatic rings. The highest BCUT2D eigenvalue weighted by atomic mass is 35.5. The van der Waals surface area contributed by atoms with Crippen molar-refractivity contribution in [3.8, 4) is 12.3 Å². The molecule has 0 aliphatic carbocycles. The second-order valence-corrected chi connectivity index (χ2v) is 8.13. The monoisotopic (exact) mass is 415 g/mol. The number of rotatable bonds is 4. The molecule has 28 heavy (non-hydrogen) atoms. The van der Waals surface area contributed by atoms with E-state index in [-0.39, 0.29) is 11.6 Å². The van der Waals surface area contributed by atoms with Gasteiger partial charge in [0.2, 0.25) is 0 Å². The molecule has 1 aliphatic rings. The summed E-state index contributed by atoms with van der Waals surface area (Å²) in [5.74, 6) is 2.65. The lowest BCUT2D eigenvalue weighted by atomic mass is 10.2. The van der Waals surface area contributed by atoms with Crippen molar-refractivity contribution in [3.63, 3.8) is 0 Å². The summed E-state index contributed by atoms with van der Waals surface area (Å²) >= 11 is 7.88. The van der Waals surface area contributed by atoms with Crippen LogP contribution >= 0.6 is 23.4 Å². The number of aryl methyl sites for hydroxylation is 1. The number of terminal acetylenes is 1. The summed E-state index contributed by atoms with van der Waals surface area (Å²) in [6.07, 6.45) is 6.95. The molecule has 5 nitrogen and oxygen atoms in total. The van der Waals surface area contributed by atoms with Gasteiger partial charge in [0.1, 0.15) is 17.3 Å². The maximum absolute atomic E-state index is 14.0. The Morgan fingerprint density at radius 1 is 1.46 bits per heavy atom. The van der Waals surface area contributed by atoms with Crippen molar-refractivity contribution in [1.29, 1.82) is 0 Å². The van der Waals surface area contributed by atoms with Crippen molar-refractivity contribution < 1.29 is 4.39 Å². The highest BCUT2D eigenvalue weighted by Crippen LogP contribution is 2.37. The summed E-state index contributed by atoms with van der Waals surface area (Å²) in [5, 5.41) is 1.97. The minimum atomic E-state index is -0.435. The van der Waals surface area contributed by atoms with Crippen LogP contribution in [0, 0.1) is 18.2 Å². The number of H-pyrrole nitrogens is 1. The SMILES string of the molecule is C#Cc1ccc(Sc2nc(N3CC[C@H](N)C3)c3c(Cl)c(CC)[nH]c3n2)cc1F. The number of nitrogens with one attached hydrogen (secondary N) is 1. The Morgan fingerprint density at radius 2 is 2.29 bits per heavy atom. The van der Waals surface area contributed by atoms with E-state index in [2.05, 4.69) is 20.8 Å². The summed E-state index contributed by atoms with van der Waals surface area (Å²) in [6, 6.07) is 4.85. The number of nitrogens with zero attached hydrogens (tertiary/aromatic N) is 3. The lowest BCUT2D eigenvalue weighted by Crippen LogP contribution is -2.27. The van der Waals surface area contributed by atoms with Crippen LogP contribution in [0.2, 0.25) is 5.02 Å². The van der Waals surface area contributed by atoms with Crippen LogP contribution in [0.3, 0.4) is 0 Å². The van der Waals surface area contributed by atoms with Gasteiger partial charge in [-0.15, -0.1) is 6.42 Å². The number of nitrogens with two attached hydrogens (primary N) is 1. The number of aromatic amines is 1. The smallest absolute Gasteiger partial charge is 0.196 e. The maximum atomic E-state index is 14.0. The molecule has 2 aromatic heterocycles. The Hall–Kier alpha value is -2.27. The van der Waals surface area contributed by atoms with Gasteiger partial charge in [-0.2, -0.15) is 0 Å². The van der Waals surface area contributed by atoms with Crippen molar-refractivity contribution in [2.75, 3.05) is 18.0 Å². The van der Waals surface area contributed by atoms with E-state index in [0.717, 1.165) is 36.3 Å². The molecule has 3 N–H and O–H groups in total. The highest BCUT2D eigenvalue weighted by Gasteiger charge is 2.26. The predicted molar refractivity (Wildman–Crippen MR) is 112 cm³/mol. The number of anilines is 1. The third kappa shape index (κ3) is 3.44. The second kappa shape index (κ2) is 7.63. The van der Waals surface area contributed by atoms with Gasteiger partial charge in [0.05, 0.1) is 16.0 Å². The minimum absolute atomic E-state index is 0.106. The van der Waals surface area contributed by atoms with Crippen LogP contribution in [-0.2, 0) is 6.42 Å². The first kappa shape index (κ1) is 19.1. The topological polar surface area (TPSA) is 70.8 Å². The zero-order valence-electron chi connectivity index (χ0n) is 15.3. The van der Waals surface area contributed by atoms with Gasteiger partial charge < -0.3 is 15.6 Å². The largest absolute Gasteiger partial charge is 0.354 e. The lowest BCUT2D eigenvalue weighted by Gasteiger charge is -2.18. The zero-order chi connectivity index (χ0) is 19.8. The van der Waals surface area contributed by atoms with Gasteiger partial charge in [-0.3, -0.25) is 0 Å². The summed E-state index contributed by atoms with van der Waals surface area (Å²) in [5.41, 5.74) is 7.92. The third-order valence-corrected chi connectivity index (χ3v) is 6.08. The number of hydrogen-bond acceptors (Lipinski definition) is 5. The Bertz CT molecular complexity index is 1090. The van der Waals surface area contributed by atoms with Crippen LogP contribution in [0.25, 0.3) is 11.0 Å². The van der Waals surface area contributed by atoms with Crippen molar-refractivity contribution >= 4 is 40.2 Å². The molecule has 0 spiro atoms. The Balaban J connectivity index is 1.79. The van der Waals surface area contributed by atoms with Crippen molar-refractivity contribution in [2.24, 2.45) is 5.73 Å². The standard InChI is InChI=1S/C20H19ClFN5S/c1-3-11-5-6-13(9-14(11)22)28-20-25-18-16(17(21)15(4-2)24-18)19(26-20)27-8-7-12(23)10-27/h1,5-6,9,12H,4,7-8,10,23H2,2H3,(H,24,25,26)/t12-/m0/s1. The molecule has 0 unspecified atom stereocenters. The molecule has 3 heterocycles. The van der Waals surface area contributed by atoms with Gasteiger partial charge in [0.25, 0.3) is 0 Å². The van der Waals surface area contributed by atoms with Crippen LogP contribution < -0.4 is 10.6 Å². The summed E-state index contributed by atoms with van der Waals surface area (Å²) in [6.45, 7) is 3.55. The molecular formula is C20H19ClFN5S. The molecule has 1 atom stereocenters. The van der Waals surface area contributed by atoms with E-state index >= 15 is 0 Å². The minimum Gasteiger partial charge on any atom is -0.354 e. The van der Waals surface area contributed by atoms with Crippen LogP contribution in [0.15, 0.2) is 28.3 Å². The summed E-state index contributed by atoms with van der Waals surface area (Å²) in [4.78, 5) is 15.5. The van der Waals surface area contributed by atoms with Crippen LogP contribution in [0.5, 0.6) is 0 Å². The first-order valence-electron chi connectivity index (χ1n) is 9.02. The molecule has 1 saturated heterocycles. The fourth-order valence-corrected chi connectivity index (χ4v) is 4.48. The Labute approximate surface area is 171 Å². The van der Waals surface area contributed by atoms with E-state index < -0.39 is 5.82 Å². The molecule has 4 rings (SSSR count). The van der Waals surface area contributed by atoms with Gasteiger partial charge in [-0.25, -0.2) is 14.4 Å². The first-order valence-corrected chi connectivity index (χ1v) is 10.2. The number of benzene rings is 1. The quantitative estimate of drug-likeness (QED) is 0.498. The zero-order valence-corrected chi connectivity index (χ0v) is 16.9. The summed E-state index contributed by atoms with van der Waals surface area (Å²) < 4.78 is 14.0. The summed E-state index contributed by atoms with van der Waals surface area (Å²) in [7, 11) is 0. The molecule has 0 saturated carbocycles. The number of fused-ring (bicyclic) bond motifs is 1. The van der Waals surface area contributed by atoms with Gasteiger partial charge in [0.15, 0.2) is 5.16 Å². The average Bonchev–Trinajstić information content (AvgIpc) is 3.24. The van der Waals surface area contributed by atoms with E-state index in [1.165, 1.54) is 17.8 Å². The average molecular weight is 416 g/mol. The Kier molecular flexibility index (Phi) is 5.19. The molecule has 0 bridgehead atoms. The fraction of sp³-hybridized carbons (Fsp3) is 0.300.